The molecule has 0 fully saturated rings. The van der Waals surface area contributed by atoms with Gasteiger partial charge in [0.2, 0.25) is 0 Å². The molecule has 2 heteroatoms. The minimum atomic E-state index is -0.238. The lowest BCUT2D eigenvalue weighted by Gasteiger charge is -2.18. The minimum Gasteiger partial charge on any atom is -0.256 e. The van der Waals surface area contributed by atoms with Crippen LogP contribution in [0.4, 0.5) is 4.39 Å². The van der Waals surface area contributed by atoms with Crippen molar-refractivity contribution >= 4 is 0 Å². The third-order valence-electron chi connectivity index (χ3n) is 4.93. The van der Waals surface area contributed by atoms with Gasteiger partial charge in [-0.25, -0.2) is 4.39 Å². The molecule has 0 aliphatic rings. The normalized spacial score (nSPS) is 11.9. The molecular weight excluding hydrogens is 333 g/mol. The lowest BCUT2D eigenvalue weighted by molar-refractivity contribution is 0.628. The Hall–Kier alpha value is -3.26. The van der Waals surface area contributed by atoms with Gasteiger partial charge in [-0.05, 0) is 47.0 Å². The molecule has 0 aliphatic heterocycles. The second-order valence-electron chi connectivity index (χ2n) is 6.66. The predicted molar refractivity (Wildman–Crippen MR) is 109 cm³/mol. The van der Waals surface area contributed by atoms with E-state index in [2.05, 4.69) is 54.4 Å². The molecule has 1 unspecified atom stereocenters. The molecule has 1 heterocycles. The summed E-state index contributed by atoms with van der Waals surface area (Å²) in [4.78, 5) is 4.67. The maximum atomic E-state index is 13.3. The van der Waals surface area contributed by atoms with Crippen LogP contribution in [0.1, 0.15) is 24.0 Å². The SMILES string of the molecule is CC(c1ccccc1)c1cc(-c2ccc(F)cc2)ncc1-c1ccccc1. The summed E-state index contributed by atoms with van der Waals surface area (Å²) in [5, 5.41) is 0. The van der Waals surface area contributed by atoms with Crippen LogP contribution in [0.2, 0.25) is 0 Å². The van der Waals surface area contributed by atoms with Crippen molar-refractivity contribution in [3.05, 3.63) is 114 Å². The molecule has 0 aliphatic carbocycles. The first-order valence-electron chi connectivity index (χ1n) is 9.08. The van der Waals surface area contributed by atoms with Gasteiger partial charge in [0.15, 0.2) is 0 Å². The molecule has 0 N–H and O–H groups in total. The van der Waals surface area contributed by atoms with Gasteiger partial charge in [0.05, 0.1) is 5.69 Å². The van der Waals surface area contributed by atoms with E-state index in [0.717, 1.165) is 22.4 Å². The van der Waals surface area contributed by atoms with Crippen molar-refractivity contribution in [2.24, 2.45) is 0 Å². The highest BCUT2D eigenvalue weighted by molar-refractivity contribution is 5.72. The average molecular weight is 353 g/mol. The summed E-state index contributed by atoms with van der Waals surface area (Å²) in [5.74, 6) is -0.0267. The molecule has 0 bridgehead atoms. The van der Waals surface area contributed by atoms with E-state index in [1.807, 2.05) is 30.5 Å². The molecule has 1 aromatic heterocycles. The van der Waals surface area contributed by atoms with Crippen molar-refractivity contribution in [2.45, 2.75) is 12.8 Å². The van der Waals surface area contributed by atoms with Gasteiger partial charge >= 0.3 is 0 Å². The molecular formula is C25H20FN. The molecule has 0 amide bonds. The zero-order valence-electron chi connectivity index (χ0n) is 15.1. The lowest BCUT2D eigenvalue weighted by atomic mass is 9.87. The third-order valence-corrected chi connectivity index (χ3v) is 4.93. The Labute approximate surface area is 159 Å². The quantitative estimate of drug-likeness (QED) is 0.397. The number of aromatic nitrogens is 1. The van der Waals surface area contributed by atoms with Crippen LogP contribution in [0, 0.1) is 5.82 Å². The van der Waals surface area contributed by atoms with E-state index >= 15 is 0 Å². The van der Waals surface area contributed by atoms with Crippen molar-refractivity contribution in [1.29, 1.82) is 0 Å². The van der Waals surface area contributed by atoms with E-state index in [0.29, 0.717) is 0 Å². The summed E-state index contributed by atoms with van der Waals surface area (Å²) in [6.07, 6.45) is 1.93. The maximum Gasteiger partial charge on any atom is 0.123 e. The van der Waals surface area contributed by atoms with Crippen LogP contribution < -0.4 is 0 Å². The van der Waals surface area contributed by atoms with Crippen LogP contribution >= 0.6 is 0 Å². The second kappa shape index (κ2) is 7.55. The highest BCUT2D eigenvalue weighted by Gasteiger charge is 2.16. The first-order chi connectivity index (χ1) is 13.2. The molecule has 0 radical (unpaired) electrons. The summed E-state index contributed by atoms with van der Waals surface area (Å²) in [6.45, 7) is 2.21. The summed E-state index contributed by atoms with van der Waals surface area (Å²) in [6, 6.07) is 29.4. The Morgan fingerprint density at radius 1 is 0.741 bits per heavy atom. The van der Waals surface area contributed by atoms with Crippen molar-refractivity contribution in [2.75, 3.05) is 0 Å². The van der Waals surface area contributed by atoms with Crippen LogP contribution in [-0.2, 0) is 0 Å². The summed E-state index contributed by atoms with van der Waals surface area (Å²) in [5.41, 5.74) is 6.50. The number of benzene rings is 3. The van der Waals surface area contributed by atoms with Gasteiger partial charge in [-0.15, -0.1) is 0 Å². The van der Waals surface area contributed by atoms with E-state index in [9.17, 15) is 4.39 Å². The van der Waals surface area contributed by atoms with Crippen molar-refractivity contribution in [1.82, 2.24) is 4.98 Å². The number of pyridine rings is 1. The van der Waals surface area contributed by atoms with Crippen LogP contribution in [0.3, 0.4) is 0 Å². The number of hydrogen-bond donors (Lipinski definition) is 0. The number of rotatable bonds is 4. The largest absolute Gasteiger partial charge is 0.256 e. The molecule has 4 aromatic rings. The van der Waals surface area contributed by atoms with Gasteiger partial charge in [-0.1, -0.05) is 67.6 Å². The van der Waals surface area contributed by atoms with E-state index in [1.54, 1.807) is 12.1 Å². The Balaban J connectivity index is 1.86. The highest BCUT2D eigenvalue weighted by atomic mass is 19.1. The van der Waals surface area contributed by atoms with E-state index in [-0.39, 0.29) is 11.7 Å². The molecule has 132 valence electrons. The maximum absolute atomic E-state index is 13.3. The topological polar surface area (TPSA) is 12.9 Å². The summed E-state index contributed by atoms with van der Waals surface area (Å²) in [7, 11) is 0. The zero-order valence-corrected chi connectivity index (χ0v) is 15.1. The van der Waals surface area contributed by atoms with E-state index in [1.165, 1.54) is 23.3 Å². The first-order valence-corrected chi connectivity index (χ1v) is 9.08. The fraction of sp³-hybridized carbons (Fsp3) is 0.0800. The minimum absolute atomic E-state index is 0.212. The molecule has 3 aromatic carbocycles. The van der Waals surface area contributed by atoms with Crippen molar-refractivity contribution in [3.63, 3.8) is 0 Å². The third kappa shape index (κ3) is 3.65. The standard InChI is InChI=1S/C25H20FN/c1-18(19-8-4-2-5-9-19)23-16-25(21-12-14-22(26)15-13-21)27-17-24(23)20-10-6-3-7-11-20/h2-18H,1H3. The lowest BCUT2D eigenvalue weighted by Crippen LogP contribution is -2.01. The first kappa shape index (κ1) is 17.2. The Kier molecular flexibility index (Phi) is 4.80. The second-order valence-corrected chi connectivity index (χ2v) is 6.66. The van der Waals surface area contributed by atoms with Gasteiger partial charge in [0.25, 0.3) is 0 Å². The predicted octanol–water partition coefficient (Wildman–Crippen LogP) is 6.71. The average Bonchev–Trinajstić information content (AvgIpc) is 2.74. The van der Waals surface area contributed by atoms with Gasteiger partial charge in [-0.2, -0.15) is 0 Å². The Morgan fingerprint density at radius 3 is 2.04 bits per heavy atom. The van der Waals surface area contributed by atoms with Gasteiger partial charge in [-0.3, -0.25) is 4.98 Å². The highest BCUT2D eigenvalue weighted by Crippen LogP contribution is 2.35. The zero-order chi connectivity index (χ0) is 18.6. The van der Waals surface area contributed by atoms with Gasteiger partial charge < -0.3 is 0 Å². The summed E-state index contributed by atoms with van der Waals surface area (Å²) < 4.78 is 13.3. The van der Waals surface area contributed by atoms with E-state index < -0.39 is 0 Å². The smallest absolute Gasteiger partial charge is 0.123 e. The van der Waals surface area contributed by atoms with Crippen molar-refractivity contribution in [3.8, 4) is 22.4 Å². The molecule has 1 atom stereocenters. The molecule has 0 saturated carbocycles. The van der Waals surface area contributed by atoms with Crippen LogP contribution in [0.15, 0.2) is 97.2 Å². The molecule has 27 heavy (non-hydrogen) atoms. The Bertz CT molecular complexity index is 1020. The molecule has 0 saturated heterocycles. The fourth-order valence-corrected chi connectivity index (χ4v) is 3.39. The number of nitrogens with zero attached hydrogens (tertiary/aromatic N) is 1. The van der Waals surface area contributed by atoms with E-state index in [4.69, 9.17) is 0 Å². The Morgan fingerprint density at radius 2 is 1.37 bits per heavy atom. The number of halogens is 1. The van der Waals surface area contributed by atoms with Crippen molar-refractivity contribution < 1.29 is 4.39 Å². The fourth-order valence-electron chi connectivity index (χ4n) is 3.39. The molecule has 0 spiro atoms. The monoisotopic (exact) mass is 353 g/mol. The van der Waals surface area contributed by atoms with Gasteiger partial charge in [0.1, 0.15) is 5.82 Å². The number of hydrogen-bond acceptors (Lipinski definition) is 1. The van der Waals surface area contributed by atoms with Crippen LogP contribution in [-0.4, -0.2) is 4.98 Å². The molecule has 4 rings (SSSR count). The summed E-state index contributed by atoms with van der Waals surface area (Å²) >= 11 is 0. The van der Waals surface area contributed by atoms with Crippen LogP contribution in [0.5, 0.6) is 0 Å². The van der Waals surface area contributed by atoms with Gasteiger partial charge in [0, 0.05) is 23.2 Å². The van der Waals surface area contributed by atoms with Crippen LogP contribution in [0.25, 0.3) is 22.4 Å². The molecule has 1 nitrogen and oxygen atoms in total.